The average molecular weight is 301 g/mol. The molecule has 0 aliphatic heterocycles. The number of rotatable bonds is 5. The van der Waals surface area contributed by atoms with Crippen molar-refractivity contribution in [3.63, 3.8) is 0 Å². The quantitative estimate of drug-likeness (QED) is 0.879. The van der Waals surface area contributed by atoms with Crippen LogP contribution in [-0.4, -0.2) is 16.1 Å². The van der Waals surface area contributed by atoms with Gasteiger partial charge in [-0.15, -0.1) is 11.3 Å². The van der Waals surface area contributed by atoms with Crippen molar-refractivity contribution in [1.82, 2.24) is 4.98 Å². The molecule has 1 aromatic carbocycles. The molecule has 3 nitrogen and oxygen atoms in total. The molecule has 0 radical (unpaired) electrons. The van der Waals surface area contributed by atoms with Crippen molar-refractivity contribution in [1.29, 1.82) is 0 Å². The number of carboxylic acids is 1. The molecule has 0 atom stereocenters. The van der Waals surface area contributed by atoms with Crippen LogP contribution in [0.15, 0.2) is 24.3 Å². The number of nitrogens with zero attached hydrogens (tertiary/aromatic N) is 1. The smallest absolute Gasteiger partial charge is 0.347 e. The Balaban J connectivity index is 1.89. The third kappa shape index (κ3) is 3.16. The highest BCUT2D eigenvalue weighted by Gasteiger charge is 2.32. The summed E-state index contributed by atoms with van der Waals surface area (Å²) in [7, 11) is 0. The van der Waals surface area contributed by atoms with Gasteiger partial charge in [0.05, 0.1) is 5.69 Å². The van der Waals surface area contributed by atoms with Gasteiger partial charge in [-0.25, -0.2) is 9.78 Å². The van der Waals surface area contributed by atoms with Gasteiger partial charge in [-0.3, -0.25) is 0 Å². The van der Waals surface area contributed by atoms with Crippen molar-refractivity contribution in [2.75, 3.05) is 0 Å². The van der Waals surface area contributed by atoms with Gasteiger partial charge in [-0.2, -0.15) is 0 Å². The van der Waals surface area contributed by atoms with E-state index in [9.17, 15) is 9.90 Å². The van der Waals surface area contributed by atoms with Gasteiger partial charge in [0, 0.05) is 11.5 Å². The lowest BCUT2D eigenvalue weighted by Gasteiger charge is -2.05. The van der Waals surface area contributed by atoms with Crippen molar-refractivity contribution in [3.05, 3.63) is 40.4 Å². The molecule has 1 saturated carbocycles. The molecule has 0 saturated heterocycles. The summed E-state index contributed by atoms with van der Waals surface area (Å²) >= 11 is 1.30. The lowest BCUT2D eigenvalue weighted by Crippen LogP contribution is -1.97. The maximum absolute atomic E-state index is 11.3. The highest BCUT2D eigenvalue weighted by atomic mass is 32.1. The molecule has 1 N–H and O–H groups in total. The molecule has 0 amide bonds. The number of hydrogen-bond donors (Lipinski definition) is 1. The number of hydrogen-bond acceptors (Lipinski definition) is 3. The molecule has 1 fully saturated rings. The lowest BCUT2D eigenvalue weighted by molar-refractivity contribution is 0.0700. The molecule has 1 heterocycles. The topological polar surface area (TPSA) is 50.2 Å². The van der Waals surface area contributed by atoms with E-state index < -0.39 is 5.97 Å². The van der Waals surface area contributed by atoms with Crippen LogP contribution in [0.25, 0.3) is 10.6 Å². The summed E-state index contributed by atoms with van der Waals surface area (Å²) in [4.78, 5) is 16.4. The van der Waals surface area contributed by atoms with E-state index in [-0.39, 0.29) is 0 Å². The summed E-state index contributed by atoms with van der Waals surface area (Å²) in [6, 6.07) is 8.35. The van der Waals surface area contributed by atoms with E-state index in [1.165, 1.54) is 16.9 Å². The van der Waals surface area contributed by atoms with Crippen LogP contribution in [0.2, 0.25) is 0 Å². The Morgan fingerprint density at radius 2 is 2.00 bits per heavy atom. The summed E-state index contributed by atoms with van der Waals surface area (Å²) in [6.07, 6.45) is 3.19. The van der Waals surface area contributed by atoms with Crippen molar-refractivity contribution in [3.8, 4) is 10.6 Å². The molecule has 110 valence electrons. The second kappa shape index (κ2) is 5.60. The summed E-state index contributed by atoms with van der Waals surface area (Å²) in [6.45, 7) is 4.41. The zero-order chi connectivity index (χ0) is 15.0. The summed E-state index contributed by atoms with van der Waals surface area (Å²) < 4.78 is 0. The van der Waals surface area contributed by atoms with Crippen LogP contribution in [-0.2, 0) is 6.42 Å². The van der Waals surface area contributed by atoms with E-state index >= 15 is 0 Å². The first kappa shape index (κ1) is 14.3. The molecular weight excluding hydrogens is 282 g/mol. The number of aromatic nitrogens is 1. The van der Waals surface area contributed by atoms with Gasteiger partial charge in [-0.1, -0.05) is 38.1 Å². The molecule has 1 aliphatic carbocycles. The van der Waals surface area contributed by atoms with Crippen molar-refractivity contribution in [2.24, 2.45) is 5.92 Å². The minimum atomic E-state index is -0.850. The molecule has 21 heavy (non-hydrogen) atoms. The Kier molecular flexibility index (Phi) is 3.81. The van der Waals surface area contributed by atoms with E-state index in [0.717, 1.165) is 35.5 Å². The van der Waals surface area contributed by atoms with E-state index in [1.807, 2.05) is 0 Å². The van der Waals surface area contributed by atoms with Gasteiger partial charge in [0.25, 0.3) is 0 Å². The monoisotopic (exact) mass is 301 g/mol. The zero-order valence-electron chi connectivity index (χ0n) is 12.3. The predicted molar refractivity (Wildman–Crippen MR) is 85.0 cm³/mol. The fourth-order valence-electron chi connectivity index (χ4n) is 2.50. The van der Waals surface area contributed by atoms with Crippen LogP contribution < -0.4 is 0 Å². The van der Waals surface area contributed by atoms with Crippen molar-refractivity contribution >= 4 is 17.3 Å². The number of thiazole rings is 1. The summed E-state index contributed by atoms with van der Waals surface area (Å²) in [5.41, 5.74) is 3.11. The van der Waals surface area contributed by atoms with Gasteiger partial charge >= 0.3 is 5.97 Å². The minimum absolute atomic E-state index is 0.362. The first-order chi connectivity index (χ1) is 10.0. The zero-order valence-corrected chi connectivity index (χ0v) is 13.1. The molecule has 1 aliphatic rings. The highest BCUT2D eigenvalue weighted by Crippen LogP contribution is 2.44. The number of benzene rings is 1. The number of carboxylic acid groups (broad SMARTS) is 1. The average Bonchev–Trinajstić information content (AvgIpc) is 3.18. The van der Waals surface area contributed by atoms with E-state index in [1.54, 1.807) is 0 Å². The van der Waals surface area contributed by atoms with E-state index in [0.29, 0.717) is 16.7 Å². The number of aromatic carboxylic acids is 1. The molecular formula is C17H19NO2S. The van der Waals surface area contributed by atoms with Crippen LogP contribution in [0.3, 0.4) is 0 Å². The normalized spacial score (nSPS) is 14.6. The Bertz CT molecular complexity index is 654. The lowest BCUT2D eigenvalue weighted by atomic mass is 10.0. The molecule has 0 unspecified atom stereocenters. The van der Waals surface area contributed by atoms with Gasteiger partial charge in [0.2, 0.25) is 0 Å². The Labute approximate surface area is 128 Å². The third-order valence-corrected chi connectivity index (χ3v) is 4.76. The van der Waals surface area contributed by atoms with Crippen molar-refractivity contribution in [2.45, 2.75) is 39.0 Å². The molecule has 2 aromatic rings. The first-order valence-corrected chi connectivity index (χ1v) is 8.19. The van der Waals surface area contributed by atoms with Crippen LogP contribution in [0.4, 0.5) is 0 Å². The largest absolute Gasteiger partial charge is 0.477 e. The minimum Gasteiger partial charge on any atom is -0.477 e. The van der Waals surface area contributed by atoms with Gasteiger partial charge < -0.3 is 5.11 Å². The summed E-state index contributed by atoms with van der Waals surface area (Å²) in [5.74, 6) is 0.147. The van der Waals surface area contributed by atoms with Gasteiger partial charge in [-0.05, 0) is 30.7 Å². The van der Waals surface area contributed by atoms with Crippen LogP contribution in [0.5, 0.6) is 0 Å². The Hall–Kier alpha value is -1.68. The Morgan fingerprint density at radius 3 is 2.52 bits per heavy atom. The van der Waals surface area contributed by atoms with Gasteiger partial charge in [0.1, 0.15) is 9.88 Å². The molecule has 0 spiro atoms. The standard InChI is InChI=1S/C17H19NO2S/c1-10(2)9-11-3-5-13(6-4-11)16-18-14(12-7-8-12)15(21-16)17(19)20/h3-6,10,12H,7-9H2,1-2H3,(H,19,20). The van der Waals surface area contributed by atoms with Crippen molar-refractivity contribution < 1.29 is 9.90 Å². The SMILES string of the molecule is CC(C)Cc1ccc(-c2nc(C3CC3)c(C(=O)O)s2)cc1. The predicted octanol–water partition coefficient (Wildman–Crippen LogP) is 4.58. The van der Waals surface area contributed by atoms with E-state index in [4.69, 9.17) is 0 Å². The fourth-order valence-corrected chi connectivity index (χ4v) is 3.49. The Morgan fingerprint density at radius 1 is 1.33 bits per heavy atom. The first-order valence-electron chi connectivity index (χ1n) is 7.38. The van der Waals surface area contributed by atoms with Gasteiger partial charge in [0.15, 0.2) is 0 Å². The van der Waals surface area contributed by atoms with Crippen LogP contribution in [0.1, 0.15) is 53.5 Å². The second-order valence-electron chi connectivity index (χ2n) is 6.11. The van der Waals surface area contributed by atoms with Crippen LogP contribution >= 0.6 is 11.3 Å². The maximum Gasteiger partial charge on any atom is 0.347 e. The van der Waals surface area contributed by atoms with E-state index in [2.05, 4.69) is 43.1 Å². The molecule has 1 aromatic heterocycles. The fraction of sp³-hybridized carbons (Fsp3) is 0.412. The summed E-state index contributed by atoms with van der Waals surface area (Å²) in [5, 5.41) is 10.1. The number of carbonyl (C=O) groups is 1. The maximum atomic E-state index is 11.3. The highest BCUT2D eigenvalue weighted by molar-refractivity contribution is 7.17. The second-order valence-corrected chi connectivity index (χ2v) is 7.11. The molecule has 4 heteroatoms. The molecule has 3 rings (SSSR count). The third-order valence-electron chi connectivity index (χ3n) is 3.66. The van der Waals surface area contributed by atoms with Crippen LogP contribution in [0, 0.1) is 5.92 Å². The molecule has 0 bridgehead atoms.